The van der Waals surface area contributed by atoms with E-state index < -0.39 is 12.0 Å². The normalized spacial score (nSPS) is 10.6. The van der Waals surface area contributed by atoms with E-state index in [1.807, 2.05) is 0 Å². The van der Waals surface area contributed by atoms with Crippen molar-refractivity contribution in [2.75, 3.05) is 26.1 Å². The van der Waals surface area contributed by atoms with Gasteiger partial charge in [0.1, 0.15) is 5.00 Å². The smallest absolute Gasteiger partial charge is 0.341 e. The number of ether oxygens (including phenoxy) is 3. The van der Waals surface area contributed by atoms with Crippen molar-refractivity contribution in [3.63, 3.8) is 0 Å². The maximum absolute atomic E-state index is 12.3. The van der Waals surface area contributed by atoms with Gasteiger partial charge in [-0.05, 0) is 38.5 Å². The number of thiophene rings is 1. The molecule has 0 aliphatic carbocycles. The molecule has 0 fully saturated rings. The van der Waals surface area contributed by atoms with E-state index in [1.54, 1.807) is 32.0 Å². The third kappa shape index (κ3) is 5.15. The Kier molecular flexibility index (Phi) is 7.93. The zero-order valence-corrected chi connectivity index (χ0v) is 18.1. The highest BCUT2D eigenvalue weighted by atomic mass is 32.1. The summed E-state index contributed by atoms with van der Waals surface area (Å²) >= 11 is 1.01. The number of carbonyl (C=O) groups excluding carboxylic acids is 3. The van der Waals surface area contributed by atoms with Crippen molar-refractivity contribution in [3.8, 4) is 11.5 Å². The molecule has 0 aliphatic rings. The number of esters is 1. The molecule has 1 aromatic heterocycles. The number of hydrogen-bond donors (Lipinski definition) is 2. The molecule has 2 amide bonds. The molecule has 30 heavy (non-hydrogen) atoms. The summed E-state index contributed by atoms with van der Waals surface area (Å²) in [6.07, 6.45) is 1.40. The van der Waals surface area contributed by atoms with Gasteiger partial charge in [0, 0.05) is 5.56 Å². The van der Waals surface area contributed by atoms with Crippen LogP contribution in [0, 0.1) is 6.92 Å². The Hall–Kier alpha value is -3.40. The molecule has 10 heteroatoms. The quantitative estimate of drug-likeness (QED) is 0.284. The highest BCUT2D eigenvalue weighted by Gasteiger charge is 2.25. The van der Waals surface area contributed by atoms with Crippen LogP contribution >= 0.6 is 11.3 Å². The first kappa shape index (κ1) is 22.9. The Bertz CT molecular complexity index is 983. The van der Waals surface area contributed by atoms with E-state index >= 15 is 0 Å². The van der Waals surface area contributed by atoms with Crippen LogP contribution in [0.25, 0.3) is 0 Å². The summed E-state index contributed by atoms with van der Waals surface area (Å²) < 4.78 is 15.6. The molecule has 0 atom stereocenters. The second-order valence-electron chi connectivity index (χ2n) is 5.94. The van der Waals surface area contributed by atoms with E-state index in [-0.39, 0.29) is 23.0 Å². The molecule has 0 saturated heterocycles. The third-order valence-electron chi connectivity index (χ3n) is 3.98. The molecule has 0 saturated carbocycles. The summed E-state index contributed by atoms with van der Waals surface area (Å²) in [5.41, 5.74) is 3.53. The number of carbonyl (C=O) groups is 3. The van der Waals surface area contributed by atoms with Crippen molar-refractivity contribution in [2.24, 2.45) is 5.10 Å². The van der Waals surface area contributed by atoms with E-state index in [9.17, 15) is 14.4 Å². The van der Waals surface area contributed by atoms with Crippen molar-refractivity contribution < 1.29 is 28.6 Å². The molecule has 0 unspecified atom stereocenters. The topological polar surface area (TPSA) is 115 Å². The van der Waals surface area contributed by atoms with Crippen LogP contribution in [0.3, 0.4) is 0 Å². The molecule has 160 valence electrons. The fraction of sp³-hybridized carbons (Fsp3) is 0.300. The van der Waals surface area contributed by atoms with Gasteiger partial charge in [0.05, 0.1) is 37.5 Å². The number of amides is 2. The Morgan fingerprint density at radius 2 is 1.93 bits per heavy atom. The summed E-state index contributed by atoms with van der Waals surface area (Å²) in [6.45, 7) is 4.87. The van der Waals surface area contributed by atoms with Crippen molar-refractivity contribution in [1.29, 1.82) is 0 Å². The van der Waals surface area contributed by atoms with Crippen LogP contribution in [0.15, 0.2) is 23.3 Å². The van der Waals surface area contributed by atoms with Crippen LogP contribution in [0.2, 0.25) is 0 Å². The number of hydrogen-bond acceptors (Lipinski definition) is 8. The van der Waals surface area contributed by atoms with Crippen LogP contribution in [0.4, 0.5) is 9.80 Å². The summed E-state index contributed by atoms with van der Waals surface area (Å²) in [5.74, 6) is 0.171. The van der Waals surface area contributed by atoms with Crippen LogP contribution < -0.4 is 20.2 Å². The highest BCUT2D eigenvalue weighted by molar-refractivity contribution is 7.18. The molecule has 9 nitrogen and oxygen atoms in total. The molecular weight excluding hydrogens is 410 g/mol. The lowest BCUT2D eigenvalue weighted by Crippen LogP contribution is -2.25. The van der Waals surface area contributed by atoms with Crippen molar-refractivity contribution in [3.05, 3.63) is 39.8 Å². The second-order valence-corrected chi connectivity index (χ2v) is 6.96. The number of nitrogens with zero attached hydrogens (tertiary/aromatic N) is 1. The average molecular weight is 433 g/mol. The van der Waals surface area contributed by atoms with Crippen LogP contribution in [0.1, 0.15) is 45.0 Å². The lowest BCUT2D eigenvalue weighted by Gasteiger charge is -2.09. The SMILES string of the molecule is CCOC(=O)c1c(NC(=O)N/N=C\c2cccc(OC)c2OC)sc(C(C)=O)c1C. The van der Waals surface area contributed by atoms with Gasteiger partial charge in [0.2, 0.25) is 0 Å². The van der Waals surface area contributed by atoms with Crippen LogP contribution in [-0.2, 0) is 4.74 Å². The van der Waals surface area contributed by atoms with Gasteiger partial charge in [-0.1, -0.05) is 6.07 Å². The van der Waals surface area contributed by atoms with Crippen molar-refractivity contribution >= 4 is 40.3 Å². The minimum atomic E-state index is -0.685. The molecule has 2 rings (SSSR count). The third-order valence-corrected chi connectivity index (χ3v) is 5.28. The number of rotatable bonds is 8. The van der Waals surface area contributed by atoms with Gasteiger partial charge in [-0.3, -0.25) is 10.1 Å². The van der Waals surface area contributed by atoms with Gasteiger partial charge in [-0.25, -0.2) is 15.0 Å². The highest BCUT2D eigenvalue weighted by Crippen LogP contribution is 2.34. The number of Topliss-reactive ketones (excluding diaryl/α,β-unsaturated/α-hetero) is 1. The van der Waals surface area contributed by atoms with Gasteiger partial charge in [-0.15, -0.1) is 11.3 Å². The number of benzene rings is 1. The molecule has 2 N–H and O–H groups in total. The van der Waals surface area contributed by atoms with E-state index in [2.05, 4.69) is 15.8 Å². The number of methoxy groups -OCH3 is 2. The van der Waals surface area contributed by atoms with Gasteiger partial charge in [0.25, 0.3) is 0 Å². The van der Waals surface area contributed by atoms with Crippen molar-refractivity contribution in [1.82, 2.24) is 5.43 Å². The largest absolute Gasteiger partial charge is 0.493 e. The van der Waals surface area contributed by atoms with Gasteiger partial charge < -0.3 is 14.2 Å². The first-order valence-corrected chi connectivity index (χ1v) is 9.78. The molecule has 1 heterocycles. The van der Waals surface area contributed by atoms with E-state index in [1.165, 1.54) is 27.4 Å². The van der Waals surface area contributed by atoms with Gasteiger partial charge in [-0.2, -0.15) is 5.10 Å². The lowest BCUT2D eigenvalue weighted by atomic mass is 10.1. The van der Waals surface area contributed by atoms with Crippen LogP contribution in [0.5, 0.6) is 11.5 Å². The molecule has 0 spiro atoms. The molecule has 1 aromatic carbocycles. The molecule has 0 aliphatic heterocycles. The predicted molar refractivity (Wildman–Crippen MR) is 114 cm³/mol. The minimum Gasteiger partial charge on any atom is -0.493 e. The molecule has 2 aromatic rings. The van der Waals surface area contributed by atoms with Crippen molar-refractivity contribution in [2.45, 2.75) is 20.8 Å². The predicted octanol–water partition coefficient (Wildman–Crippen LogP) is 3.61. The zero-order valence-electron chi connectivity index (χ0n) is 17.3. The molecule has 0 bridgehead atoms. The lowest BCUT2D eigenvalue weighted by molar-refractivity contribution is 0.0527. The maximum Gasteiger partial charge on any atom is 0.341 e. The summed E-state index contributed by atoms with van der Waals surface area (Å²) in [6, 6.07) is 4.55. The standard InChI is InChI=1S/C20H23N3O6S/c1-6-29-19(25)15-11(2)17(12(3)24)30-18(15)22-20(26)23-21-10-13-8-7-9-14(27-4)16(13)28-5/h7-10H,6H2,1-5H3,(H2,22,23,26)/b21-10-. The fourth-order valence-corrected chi connectivity index (χ4v) is 3.78. The second kappa shape index (κ2) is 10.4. The number of para-hydroxylation sites is 1. The number of nitrogens with one attached hydrogen (secondary N) is 2. The Morgan fingerprint density at radius 1 is 1.20 bits per heavy atom. The Labute approximate surface area is 178 Å². The average Bonchev–Trinajstić information content (AvgIpc) is 3.03. The van der Waals surface area contributed by atoms with E-state index in [0.29, 0.717) is 27.5 Å². The van der Waals surface area contributed by atoms with Gasteiger partial charge in [0.15, 0.2) is 17.3 Å². The Balaban J connectivity index is 2.19. The minimum absolute atomic E-state index is 0.153. The number of anilines is 1. The summed E-state index contributed by atoms with van der Waals surface area (Å²) in [4.78, 5) is 36.8. The number of urea groups is 1. The fourth-order valence-electron chi connectivity index (χ4n) is 2.69. The number of hydrazone groups is 1. The zero-order chi connectivity index (χ0) is 22.3. The maximum atomic E-state index is 12.3. The number of ketones is 1. The first-order valence-electron chi connectivity index (χ1n) is 8.96. The first-order chi connectivity index (χ1) is 14.3. The van der Waals surface area contributed by atoms with Crippen LogP contribution in [-0.4, -0.2) is 44.8 Å². The molecule has 0 radical (unpaired) electrons. The monoisotopic (exact) mass is 433 g/mol. The summed E-state index contributed by atoms with van der Waals surface area (Å²) in [7, 11) is 3.02. The van der Waals surface area contributed by atoms with Gasteiger partial charge >= 0.3 is 12.0 Å². The van der Waals surface area contributed by atoms with E-state index in [0.717, 1.165) is 11.3 Å². The van der Waals surface area contributed by atoms with E-state index in [4.69, 9.17) is 14.2 Å². The molecular formula is C20H23N3O6S. The Morgan fingerprint density at radius 3 is 2.53 bits per heavy atom. The summed E-state index contributed by atoms with van der Waals surface area (Å²) in [5, 5.41) is 6.66.